The molecule has 4 aromatic rings. The molecule has 0 radical (unpaired) electrons. The summed E-state index contributed by atoms with van der Waals surface area (Å²) < 4.78 is 14.8. The maximum Gasteiger partial charge on any atom is 0.181 e. The molecule has 0 spiro atoms. The summed E-state index contributed by atoms with van der Waals surface area (Å²) in [6, 6.07) is 9.19. The van der Waals surface area contributed by atoms with Crippen molar-refractivity contribution in [3.8, 4) is 11.4 Å². The number of nitrogens with one attached hydrogen (secondary N) is 4. The highest BCUT2D eigenvalue weighted by atomic mass is 19.1. The second-order valence-electron chi connectivity index (χ2n) is 11.2. The number of hydrogen-bond donors (Lipinski definition) is 4. The number of fused-ring (bicyclic) bond motifs is 1. The highest BCUT2D eigenvalue weighted by molar-refractivity contribution is 5.94. The molecule has 4 N–H and O–H groups in total. The van der Waals surface area contributed by atoms with Crippen molar-refractivity contribution in [2.45, 2.75) is 47.5 Å². The van der Waals surface area contributed by atoms with Crippen LogP contribution in [0.5, 0.6) is 0 Å². The smallest absolute Gasteiger partial charge is 0.181 e. The summed E-state index contributed by atoms with van der Waals surface area (Å²) in [6.07, 6.45) is 13.2. The van der Waals surface area contributed by atoms with Gasteiger partial charge in [0.1, 0.15) is 5.82 Å². The summed E-state index contributed by atoms with van der Waals surface area (Å²) in [4.78, 5) is 10.2. The summed E-state index contributed by atoms with van der Waals surface area (Å²) >= 11 is 0. The van der Waals surface area contributed by atoms with Gasteiger partial charge in [0.15, 0.2) is 5.65 Å². The molecule has 0 aliphatic carbocycles. The highest BCUT2D eigenvalue weighted by Crippen LogP contribution is 2.34. The fourth-order valence-electron chi connectivity index (χ4n) is 5.18. The van der Waals surface area contributed by atoms with Gasteiger partial charge in [-0.1, -0.05) is 65.2 Å². The first-order valence-electron chi connectivity index (χ1n) is 16.2. The van der Waals surface area contributed by atoms with Crippen LogP contribution in [0.4, 0.5) is 10.1 Å². The lowest BCUT2D eigenvalue weighted by molar-refractivity contribution is 0.425. The van der Waals surface area contributed by atoms with Crippen LogP contribution >= 0.6 is 0 Å². The molecule has 0 amide bonds. The maximum atomic E-state index is 14.8. The third-order valence-corrected chi connectivity index (χ3v) is 7.41. The van der Waals surface area contributed by atoms with Crippen molar-refractivity contribution in [2.24, 2.45) is 0 Å². The van der Waals surface area contributed by atoms with Crippen LogP contribution < -0.4 is 10.6 Å². The summed E-state index contributed by atoms with van der Waals surface area (Å²) in [5.74, 6) is -0.306. The van der Waals surface area contributed by atoms with Crippen LogP contribution in [-0.2, 0) is 0 Å². The Morgan fingerprint density at radius 1 is 1.09 bits per heavy atom. The molecule has 0 fully saturated rings. The molecule has 3 aromatic heterocycles. The zero-order chi connectivity index (χ0) is 34.5. The van der Waals surface area contributed by atoms with E-state index in [0.717, 1.165) is 86.8 Å². The van der Waals surface area contributed by atoms with Crippen molar-refractivity contribution < 1.29 is 4.39 Å². The van der Waals surface area contributed by atoms with Crippen molar-refractivity contribution in [2.75, 3.05) is 32.5 Å². The molecule has 1 aromatic carbocycles. The van der Waals surface area contributed by atoms with Crippen molar-refractivity contribution >= 4 is 27.9 Å². The van der Waals surface area contributed by atoms with E-state index in [-0.39, 0.29) is 5.82 Å². The van der Waals surface area contributed by atoms with Crippen molar-refractivity contribution in [1.29, 1.82) is 0 Å². The van der Waals surface area contributed by atoms with Gasteiger partial charge < -0.3 is 20.5 Å². The average molecular weight is 636 g/mol. The van der Waals surface area contributed by atoms with Gasteiger partial charge in [0.05, 0.1) is 11.4 Å². The quantitative estimate of drug-likeness (QED) is 0.0979. The second kappa shape index (κ2) is 17.7. The summed E-state index contributed by atoms with van der Waals surface area (Å²) in [5.41, 5.74) is 10.2. The first-order chi connectivity index (χ1) is 22.7. The Morgan fingerprint density at radius 2 is 1.85 bits per heavy atom. The predicted octanol–water partition coefficient (Wildman–Crippen LogP) is 9.39. The van der Waals surface area contributed by atoms with Crippen molar-refractivity contribution in [3.05, 3.63) is 126 Å². The normalized spacial score (nSPS) is 12.1. The molecule has 0 atom stereocenters. The van der Waals surface area contributed by atoms with E-state index in [9.17, 15) is 4.39 Å². The van der Waals surface area contributed by atoms with Gasteiger partial charge in [0.25, 0.3) is 0 Å². The van der Waals surface area contributed by atoms with Crippen LogP contribution in [0.15, 0.2) is 98.0 Å². The lowest BCUT2D eigenvalue weighted by Crippen LogP contribution is -2.20. The lowest BCUT2D eigenvalue weighted by Gasteiger charge is -2.14. The molecule has 0 aliphatic rings. The standard InChI is InChI=1S/C37H44FN7.C2H6/c1-9-13-24(5)41-30(12-4)18-26(11-3)28-20-34-36(43-44-37(34)40-23-28)35-22-33(25(6)42-35)32(14-10-2)27-17-29(38)21-31(19-27)39-15-16-45(7)8;1-2/h10-12,14,17-23,39,41-42H,2,4-5,9,13,15-16H2,1,3,6-8H3,(H,40,43,44);1-2H3/b26-11+,30-18+,32-14-;. The number of aromatic nitrogens is 4. The van der Waals surface area contributed by atoms with Gasteiger partial charge in [-0.25, -0.2) is 9.37 Å². The van der Waals surface area contributed by atoms with Crippen LogP contribution in [0, 0.1) is 12.7 Å². The summed E-state index contributed by atoms with van der Waals surface area (Å²) in [6.45, 7) is 23.7. The van der Waals surface area contributed by atoms with Gasteiger partial charge >= 0.3 is 0 Å². The van der Waals surface area contributed by atoms with Crippen LogP contribution in [0.3, 0.4) is 0 Å². The first kappa shape index (κ1) is 36.5. The fourth-order valence-corrected chi connectivity index (χ4v) is 5.18. The van der Waals surface area contributed by atoms with Gasteiger partial charge in [-0.05, 0) is 93.6 Å². The van der Waals surface area contributed by atoms with E-state index in [4.69, 9.17) is 0 Å². The topological polar surface area (TPSA) is 84.7 Å². The van der Waals surface area contributed by atoms with E-state index in [1.54, 1.807) is 18.2 Å². The first-order valence-corrected chi connectivity index (χ1v) is 16.2. The molecule has 47 heavy (non-hydrogen) atoms. The average Bonchev–Trinajstić information content (AvgIpc) is 3.65. The number of H-pyrrole nitrogens is 2. The number of hydrogen-bond acceptors (Lipinski definition) is 5. The van der Waals surface area contributed by atoms with E-state index in [2.05, 4.69) is 74.5 Å². The minimum absolute atomic E-state index is 0.306. The monoisotopic (exact) mass is 635 g/mol. The molecule has 0 saturated carbocycles. The molecule has 8 heteroatoms. The molecule has 3 heterocycles. The third-order valence-electron chi connectivity index (χ3n) is 7.41. The third kappa shape index (κ3) is 9.53. The summed E-state index contributed by atoms with van der Waals surface area (Å²) in [7, 11) is 4.02. The van der Waals surface area contributed by atoms with E-state index in [1.807, 2.05) is 72.3 Å². The van der Waals surface area contributed by atoms with E-state index in [0.29, 0.717) is 12.2 Å². The Kier molecular flexibility index (Phi) is 13.7. The molecular formula is C39H50FN7. The predicted molar refractivity (Wildman–Crippen MR) is 200 cm³/mol. The molecule has 248 valence electrons. The van der Waals surface area contributed by atoms with Gasteiger partial charge in [-0.3, -0.25) is 5.10 Å². The largest absolute Gasteiger partial charge is 0.384 e. The van der Waals surface area contributed by atoms with Crippen LogP contribution in [0.1, 0.15) is 62.9 Å². The number of rotatable bonds is 15. The number of anilines is 1. The minimum Gasteiger partial charge on any atom is -0.384 e. The SMILES string of the molecule is C=C/C=C(/c1cc(F)cc(NCCN(C)C)c1)c1cc(-c2[nH]nc3ncc(C(/C=C(\C=C)NC(=C)CCC)=C/C)cc23)[nH]c1C.CC. The second-order valence-corrected chi connectivity index (χ2v) is 11.2. The molecule has 0 saturated heterocycles. The Balaban J connectivity index is 0.00000294. The molecule has 7 nitrogen and oxygen atoms in total. The lowest BCUT2D eigenvalue weighted by atomic mass is 9.96. The molecule has 0 unspecified atom stereocenters. The molecular weight excluding hydrogens is 585 g/mol. The number of likely N-dealkylation sites (N-methyl/N-ethyl adjacent to an activating group) is 1. The zero-order valence-corrected chi connectivity index (χ0v) is 29.0. The van der Waals surface area contributed by atoms with Gasteiger partial charge in [0, 0.05) is 58.6 Å². The van der Waals surface area contributed by atoms with E-state index in [1.165, 1.54) is 6.07 Å². The van der Waals surface area contributed by atoms with Crippen LogP contribution in [-0.4, -0.2) is 52.3 Å². The number of pyridine rings is 1. The zero-order valence-electron chi connectivity index (χ0n) is 29.0. The fraction of sp³-hybridized carbons (Fsp3) is 0.282. The Morgan fingerprint density at radius 3 is 2.51 bits per heavy atom. The van der Waals surface area contributed by atoms with Gasteiger partial charge in [-0.15, -0.1) is 0 Å². The van der Waals surface area contributed by atoms with Crippen LogP contribution in [0.2, 0.25) is 0 Å². The maximum absolute atomic E-state index is 14.8. The molecule has 4 rings (SSSR count). The van der Waals surface area contributed by atoms with Crippen molar-refractivity contribution in [1.82, 2.24) is 30.4 Å². The van der Waals surface area contributed by atoms with Crippen molar-refractivity contribution in [3.63, 3.8) is 0 Å². The molecule has 0 bridgehead atoms. The van der Waals surface area contributed by atoms with Gasteiger partial charge in [0.2, 0.25) is 0 Å². The number of aryl methyl sites for hydroxylation is 1. The van der Waals surface area contributed by atoms with E-state index < -0.39 is 0 Å². The number of aromatic amines is 2. The number of halogens is 1. The Bertz CT molecular complexity index is 1780. The van der Waals surface area contributed by atoms with E-state index >= 15 is 0 Å². The summed E-state index contributed by atoms with van der Waals surface area (Å²) in [5, 5.41) is 15.2. The molecule has 0 aliphatic heterocycles. The Labute approximate surface area is 279 Å². The van der Waals surface area contributed by atoms with Gasteiger partial charge in [-0.2, -0.15) is 5.10 Å². The highest BCUT2D eigenvalue weighted by Gasteiger charge is 2.18. The van der Waals surface area contributed by atoms with Crippen LogP contribution in [0.25, 0.3) is 33.6 Å². The minimum atomic E-state index is -0.306. The number of nitrogens with zero attached hydrogens (tertiary/aromatic N) is 3. The number of benzene rings is 1. The number of allylic oxidation sites excluding steroid dienone is 7. The Hall–Kier alpha value is -4.95.